The zero-order valence-electron chi connectivity index (χ0n) is 8.46. The highest BCUT2D eigenvalue weighted by Gasteiger charge is 2.09. The Morgan fingerprint density at radius 1 is 1.43 bits per heavy atom. The summed E-state index contributed by atoms with van der Waals surface area (Å²) >= 11 is -1.88. The van der Waals surface area contributed by atoms with E-state index in [1.54, 1.807) is 0 Å². The highest BCUT2D eigenvalue weighted by Crippen LogP contribution is 2.04. The van der Waals surface area contributed by atoms with Crippen LogP contribution in [0.5, 0.6) is 0 Å². The van der Waals surface area contributed by atoms with Crippen molar-refractivity contribution in [3.05, 3.63) is 0 Å². The molecule has 84 valence electrons. The molecule has 2 N–H and O–H groups in total. The van der Waals surface area contributed by atoms with Crippen LogP contribution in [-0.4, -0.2) is 40.2 Å². The molecular weight excluding hydrogens is 200 g/mol. The first kappa shape index (κ1) is 12.1. The monoisotopic (exact) mass is 219 g/mol. The second-order valence-electron chi connectivity index (χ2n) is 3.69. The maximum atomic E-state index is 10.3. The molecule has 0 aromatic rings. The van der Waals surface area contributed by atoms with Gasteiger partial charge in [-0.15, -0.1) is 0 Å². The van der Waals surface area contributed by atoms with Crippen molar-refractivity contribution in [2.45, 2.75) is 31.7 Å². The predicted molar refractivity (Wildman–Crippen MR) is 56.9 cm³/mol. The van der Waals surface area contributed by atoms with Gasteiger partial charge in [0.1, 0.15) is 0 Å². The highest BCUT2D eigenvalue weighted by molar-refractivity contribution is 7.79. The smallest absolute Gasteiger partial charge is 0.0114 e. The van der Waals surface area contributed by atoms with Crippen LogP contribution >= 0.6 is 0 Å². The molecule has 0 aromatic heterocycles. The lowest BCUT2D eigenvalue weighted by Gasteiger charge is -2.15. The van der Waals surface area contributed by atoms with E-state index in [0.29, 0.717) is 6.04 Å². The fraction of sp³-hybridized carbons (Fsp3) is 1.00. The van der Waals surface area contributed by atoms with Gasteiger partial charge in [-0.3, -0.25) is 4.21 Å². The first-order chi connectivity index (χ1) is 6.79. The third kappa shape index (κ3) is 5.70. The van der Waals surface area contributed by atoms with E-state index in [0.717, 1.165) is 32.5 Å². The van der Waals surface area contributed by atoms with E-state index < -0.39 is 11.1 Å². The third-order valence-electron chi connectivity index (χ3n) is 2.50. The summed E-state index contributed by atoms with van der Waals surface area (Å²) in [6.45, 7) is 3.01. The largest absolute Gasteiger partial charge is 0.772 e. The summed E-state index contributed by atoms with van der Waals surface area (Å²) in [5, 5.41) is 6.75. The van der Waals surface area contributed by atoms with Crippen molar-refractivity contribution in [2.75, 3.05) is 25.4 Å². The average Bonchev–Trinajstić information content (AvgIpc) is 2.40. The minimum atomic E-state index is -1.88. The van der Waals surface area contributed by atoms with E-state index in [4.69, 9.17) is 0 Å². The van der Waals surface area contributed by atoms with Gasteiger partial charge >= 0.3 is 0 Å². The van der Waals surface area contributed by atoms with Gasteiger partial charge in [0.05, 0.1) is 0 Å². The molecule has 1 rings (SSSR count). The summed E-state index contributed by atoms with van der Waals surface area (Å²) in [6, 6.07) is 0.574. The Balaban J connectivity index is 2.01. The number of rotatable bonds is 5. The van der Waals surface area contributed by atoms with Gasteiger partial charge in [-0.25, -0.2) is 0 Å². The second-order valence-corrected chi connectivity index (χ2v) is 4.71. The van der Waals surface area contributed by atoms with Crippen molar-refractivity contribution in [1.29, 1.82) is 0 Å². The van der Waals surface area contributed by atoms with Crippen LogP contribution in [0.2, 0.25) is 0 Å². The minimum Gasteiger partial charge on any atom is -0.772 e. The fourth-order valence-electron chi connectivity index (χ4n) is 1.72. The zero-order valence-corrected chi connectivity index (χ0v) is 9.28. The molecule has 0 amide bonds. The van der Waals surface area contributed by atoms with Crippen molar-refractivity contribution in [3.8, 4) is 0 Å². The summed E-state index contributed by atoms with van der Waals surface area (Å²) in [6.07, 6.45) is 4.29. The summed E-state index contributed by atoms with van der Waals surface area (Å²) in [5.74, 6) is 0.276. The van der Waals surface area contributed by atoms with Gasteiger partial charge in [-0.05, 0) is 45.3 Å². The van der Waals surface area contributed by atoms with Crippen LogP contribution in [0.1, 0.15) is 25.7 Å². The van der Waals surface area contributed by atoms with E-state index in [1.165, 1.54) is 12.8 Å². The molecular formula is C9H19N2O2S-. The Morgan fingerprint density at radius 2 is 2.29 bits per heavy atom. The maximum absolute atomic E-state index is 10.3. The molecule has 1 saturated heterocycles. The molecule has 2 atom stereocenters. The predicted octanol–water partition coefficient (Wildman–Crippen LogP) is -0.0127. The molecule has 0 bridgehead atoms. The normalized spacial score (nSPS) is 25.6. The second kappa shape index (κ2) is 7.34. The van der Waals surface area contributed by atoms with Crippen molar-refractivity contribution < 1.29 is 8.76 Å². The standard InChI is InChI=1S/C9H20N2O2S/c12-14(13)8-2-6-11-9-3-1-5-10-7-4-9/h9-11H,1-8H2,(H,12,13)/p-1. The van der Waals surface area contributed by atoms with E-state index in [-0.39, 0.29) is 5.75 Å². The lowest BCUT2D eigenvalue weighted by molar-refractivity contribution is 0.467. The Kier molecular flexibility index (Phi) is 6.34. The molecule has 1 heterocycles. The van der Waals surface area contributed by atoms with Gasteiger partial charge in [0, 0.05) is 11.8 Å². The first-order valence-corrected chi connectivity index (χ1v) is 6.53. The molecule has 14 heavy (non-hydrogen) atoms. The van der Waals surface area contributed by atoms with Gasteiger partial charge < -0.3 is 15.2 Å². The van der Waals surface area contributed by atoms with E-state index >= 15 is 0 Å². The summed E-state index contributed by atoms with van der Waals surface area (Å²) in [5.41, 5.74) is 0. The van der Waals surface area contributed by atoms with Gasteiger partial charge in [-0.1, -0.05) is 11.1 Å². The van der Waals surface area contributed by atoms with E-state index in [9.17, 15) is 8.76 Å². The van der Waals surface area contributed by atoms with Crippen molar-refractivity contribution in [1.82, 2.24) is 10.6 Å². The molecule has 4 nitrogen and oxygen atoms in total. The Bertz CT molecular complexity index is 170. The van der Waals surface area contributed by atoms with Crippen LogP contribution in [0.25, 0.3) is 0 Å². The Morgan fingerprint density at radius 3 is 3.07 bits per heavy atom. The molecule has 1 fully saturated rings. The van der Waals surface area contributed by atoms with Gasteiger partial charge in [0.25, 0.3) is 0 Å². The van der Waals surface area contributed by atoms with E-state index in [1.807, 2.05) is 0 Å². The molecule has 2 unspecified atom stereocenters. The average molecular weight is 219 g/mol. The number of hydrogen-bond acceptors (Lipinski definition) is 4. The number of hydrogen-bond donors (Lipinski definition) is 2. The molecule has 1 aliphatic heterocycles. The van der Waals surface area contributed by atoms with Crippen LogP contribution in [-0.2, 0) is 11.1 Å². The number of nitrogens with one attached hydrogen (secondary N) is 2. The van der Waals surface area contributed by atoms with Gasteiger partial charge in [0.2, 0.25) is 0 Å². The van der Waals surface area contributed by atoms with Crippen LogP contribution in [0, 0.1) is 0 Å². The summed E-state index contributed by atoms with van der Waals surface area (Å²) < 4.78 is 20.5. The molecule has 0 radical (unpaired) electrons. The zero-order chi connectivity index (χ0) is 10.2. The quantitative estimate of drug-likeness (QED) is 0.504. The third-order valence-corrected chi connectivity index (χ3v) is 3.12. The maximum Gasteiger partial charge on any atom is 0.0114 e. The lowest BCUT2D eigenvalue weighted by atomic mass is 10.1. The van der Waals surface area contributed by atoms with Crippen LogP contribution in [0.15, 0.2) is 0 Å². The van der Waals surface area contributed by atoms with Crippen LogP contribution in [0.4, 0.5) is 0 Å². The topological polar surface area (TPSA) is 64.2 Å². The minimum absolute atomic E-state index is 0.276. The fourth-order valence-corrected chi connectivity index (χ4v) is 2.10. The molecule has 5 heteroatoms. The van der Waals surface area contributed by atoms with Crippen molar-refractivity contribution in [3.63, 3.8) is 0 Å². The molecule has 0 saturated carbocycles. The Hall–Kier alpha value is 0.0300. The summed E-state index contributed by atoms with van der Waals surface area (Å²) in [7, 11) is 0. The lowest BCUT2D eigenvalue weighted by Crippen LogP contribution is -2.31. The molecule has 0 aliphatic carbocycles. The van der Waals surface area contributed by atoms with Crippen LogP contribution in [0.3, 0.4) is 0 Å². The van der Waals surface area contributed by atoms with Gasteiger partial charge in [-0.2, -0.15) is 0 Å². The summed E-state index contributed by atoms with van der Waals surface area (Å²) in [4.78, 5) is 0. The SMILES string of the molecule is O=S([O-])CCCNC1CCCNCC1. The first-order valence-electron chi connectivity index (χ1n) is 5.29. The van der Waals surface area contributed by atoms with Crippen molar-refractivity contribution >= 4 is 11.1 Å². The van der Waals surface area contributed by atoms with Crippen LogP contribution < -0.4 is 10.6 Å². The van der Waals surface area contributed by atoms with Crippen molar-refractivity contribution in [2.24, 2.45) is 0 Å². The molecule has 0 aromatic carbocycles. The highest BCUT2D eigenvalue weighted by atomic mass is 32.2. The van der Waals surface area contributed by atoms with Gasteiger partial charge in [0.15, 0.2) is 0 Å². The molecule has 1 aliphatic rings. The molecule has 0 spiro atoms. The Labute approximate surface area is 88.1 Å². The van der Waals surface area contributed by atoms with E-state index in [2.05, 4.69) is 10.6 Å².